The zero-order chi connectivity index (χ0) is 22.1. The molecule has 32 heavy (non-hydrogen) atoms. The van der Waals surface area contributed by atoms with Gasteiger partial charge < -0.3 is 10.0 Å². The van der Waals surface area contributed by atoms with Crippen molar-refractivity contribution in [1.29, 1.82) is 0 Å². The van der Waals surface area contributed by atoms with Crippen LogP contribution in [0, 0.1) is 5.82 Å². The molecule has 1 N–H and O–H groups in total. The molecule has 2 aromatic carbocycles. The maximum Gasteiger partial charge on any atom is 0.147 e. The molecule has 5 nitrogen and oxygen atoms in total. The van der Waals surface area contributed by atoms with E-state index < -0.39 is 0 Å². The van der Waals surface area contributed by atoms with Crippen molar-refractivity contribution in [2.24, 2.45) is 0 Å². The number of halogens is 2. The van der Waals surface area contributed by atoms with E-state index in [0.717, 1.165) is 42.9 Å². The maximum atomic E-state index is 13.3. The van der Waals surface area contributed by atoms with Crippen LogP contribution < -0.4 is 4.90 Å². The van der Waals surface area contributed by atoms with Crippen LogP contribution >= 0.6 is 11.6 Å². The second-order valence-corrected chi connectivity index (χ2v) is 8.26. The van der Waals surface area contributed by atoms with E-state index >= 15 is 0 Å². The summed E-state index contributed by atoms with van der Waals surface area (Å²) in [6.07, 6.45) is 3.41. The number of pyridine rings is 2. The monoisotopic (exact) mass is 448 g/mol. The number of phenolic OH excluding ortho intramolecular Hbond substituents is 1. The third-order valence-corrected chi connectivity index (χ3v) is 6.29. The normalized spacial score (nSPS) is 15.8. The Morgan fingerprint density at radius 1 is 0.906 bits per heavy atom. The first-order valence-electron chi connectivity index (χ1n) is 10.5. The number of nitrogens with zero attached hydrogens (tertiary/aromatic N) is 4. The molecule has 1 aliphatic heterocycles. The third-order valence-electron chi connectivity index (χ3n) is 5.98. The van der Waals surface area contributed by atoms with Gasteiger partial charge in [0.1, 0.15) is 17.1 Å². The van der Waals surface area contributed by atoms with Crippen LogP contribution in [0.1, 0.15) is 17.3 Å². The molecule has 5 rings (SSSR count). The molecule has 4 aromatic rings. The van der Waals surface area contributed by atoms with Gasteiger partial charge in [0.25, 0.3) is 0 Å². The van der Waals surface area contributed by atoms with Crippen LogP contribution in [-0.2, 0) is 0 Å². The Kier molecular flexibility index (Phi) is 5.64. The maximum absolute atomic E-state index is 13.3. The van der Waals surface area contributed by atoms with E-state index in [0.29, 0.717) is 16.1 Å². The van der Waals surface area contributed by atoms with Gasteiger partial charge in [-0.2, -0.15) is 0 Å². The van der Waals surface area contributed by atoms with Crippen LogP contribution in [-0.4, -0.2) is 46.2 Å². The summed E-state index contributed by atoms with van der Waals surface area (Å²) in [6, 6.07) is 17.6. The van der Waals surface area contributed by atoms with E-state index in [-0.39, 0.29) is 17.6 Å². The summed E-state index contributed by atoms with van der Waals surface area (Å²) < 4.78 is 13.3. The number of hydrogen-bond acceptors (Lipinski definition) is 5. The van der Waals surface area contributed by atoms with Crippen LogP contribution in [0.15, 0.2) is 73.1 Å². The van der Waals surface area contributed by atoms with E-state index in [2.05, 4.69) is 19.8 Å². The van der Waals surface area contributed by atoms with Crippen LogP contribution in [0.25, 0.3) is 10.9 Å². The Hall–Kier alpha value is -3.22. The molecule has 0 aliphatic carbocycles. The topological polar surface area (TPSA) is 52.5 Å². The Morgan fingerprint density at radius 2 is 1.66 bits per heavy atom. The Bertz CT molecular complexity index is 1230. The van der Waals surface area contributed by atoms with Crippen molar-refractivity contribution in [2.75, 3.05) is 31.1 Å². The zero-order valence-corrected chi connectivity index (χ0v) is 18.1. The van der Waals surface area contributed by atoms with Crippen LogP contribution in [0.5, 0.6) is 5.75 Å². The van der Waals surface area contributed by atoms with Gasteiger partial charge in [0.2, 0.25) is 0 Å². The predicted octanol–water partition coefficient (Wildman–Crippen LogP) is 5.04. The largest absolute Gasteiger partial charge is 0.505 e. The molecule has 2 aromatic heterocycles. The predicted molar refractivity (Wildman–Crippen MR) is 125 cm³/mol. The number of aromatic hydroxyl groups is 1. The number of fused-ring (bicyclic) bond motifs is 1. The molecular formula is C25H22ClFN4O. The minimum absolute atomic E-state index is 0.126. The minimum atomic E-state index is -0.268. The van der Waals surface area contributed by atoms with E-state index in [1.807, 2.05) is 42.5 Å². The van der Waals surface area contributed by atoms with Gasteiger partial charge in [-0.15, -0.1) is 0 Å². The van der Waals surface area contributed by atoms with Gasteiger partial charge in [-0.05, 0) is 54.6 Å². The van der Waals surface area contributed by atoms with Gasteiger partial charge in [-0.3, -0.25) is 14.9 Å². The van der Waals surface area contributed by atoms with Gasteiger partial charge in [-0.1, -0.05) is 17.7 Å². The first-order chi connectivity index (χ1) is 15.6. The number of piperazine rings is 1. The first-order valence-corrected chi connectivity index (χ1v) is 10.9. The van der Waals surface area contributed by atoms with E-state index in [1.54, 1.807) is 18.5 Å². The molecular weight excluding hydrogens is 427 g/mol. The fraction of sp³-hybridized carbons (Fsp3) is 0.200. The lowest BCUT2D eigenvalue weighted by atomic mass is 9.97. The van der Waals surface area contributed by atoms with Crippen molar-refractivity contribution in [3.05, 3.63) is 95.2 Å². The fourth-order valence-corrected chi connectivity index (χ4v) is 4.66. The Labute approximate surface area is 190 Å². The van der Waals surface area contributed by atoms with Crippen molar-refractivity contribution in [1.82, 2.24) is 14.9 Å². The highest BCUT2D eigenvalue weighted by Gasteiger charge is 2.30. The average molecular weight is 449 g/mol. The molecule has 1 atom stereocenters. The smallest absolute Gasteiger partial charge is 0.147 e. The number of benzene rings is 2. The lowest BCUT2D eigenvalue weighted by Crippen LogP contribution is -2.48. The molecule has 0 bridgehead atoms. The van der Waals surface area contributed by atoms with Gasteiger partial charge in [0, 0.05) is 55.2 Å². The molecule has 1 fully saturated rings. The van der Waals surface area contributed by atoms with Gasteiger partial charge in [0.05, 0.1) is 16.8 Å². The molecule has 162 valence electrons. The van der Waals surface area contributed by atoms with Crippen LogP contribution in [0.3, 0.4) is 0 Å². The highest BCUT2D eigenvalue weighted by Crippen LogP contribution is 2.40. The van der Waals surface area contributed by atoms with Crippen LogP contribution in [0.4, 0.5) is 10.1 Å². The minimum Gasteiger partial charge on any atom is -0.505 e. The van der Waals surface area contributed by atoms with Crippen molar-refractivity contribution < 1.29 is 9.50 Å². The lowest BCUT2D eigenvalue weighted by molar-refractivity contribution is 0.206. The number of phenols is 1. The second kappa shape index (κ2) is 8.73. The standard InChI is InChI=1S/C25H22ClFN4O/c26-21-16-20(25(32)23-19(21)4-3-11-29-23)24(22-5-1-2-10-28-22)31-14-12-30(13-15-31)18-8-6-17(27)7-9-18/h1-11,16,24,32H,12-15H2/t24-/m1/s1. The molecule has 1 aliphatic rings. The molecule has 0 radical (unpaired) electrons. The van der Waals surface area contributed by atoms with E-state index in [9.17, 15) is 9.50 Å². The van der Waals surface area contributed by atoms with Gasteiger partial charge in [0.15, 0.2) is 0 Å². The highest BCUT2D eigenvalue weighted by atomic mass is 35.5. The highest BCUT2D eigenvalue weighted by molar-refractivity contribution is 6.35. The van der Waals surface area contributed by atoms with E-state index in [4.69, 9.17) is 11.6 Å². The van der Waals surface area contributed by atoms with Crippen LogP contribution in [0.2, 0.25) is 5.02 Å². The molecule has 1 saturated heterocycles. The number of anilines is 1. The quantitative estimate of drug-likeness (QED) is 0.474. The van der Waals surface area contributed by atoms with Crippen molar-refractivity contribution >= 4 is 28.2 Å². The lowest BCUT2D eigenvalue weighted by Gasteiger charge is -2.40. The second-order valence-electron chi connectivity index (χ2n) is 7.85. The molecule has 0 spiro atoms. The van der Waals surface area contributed by atoms with Crippen molar-refractivity contribution in [3.8, 4) is 5.75 Å². The summed E-state index contributed by atoms with van der Waals surface area (Å²) in [5.41, 5.74) is 3.02. The van der Waals surface area contributed by atoms with Gasteiger partial charge >= 0.3 is 0 Å². The Morgan fingerprint density at radius 3 is 2.38 bits per heavy atom. The molecule has 0 saturated carbocycles. The average Bonchev–Trinajstić information content (AvgIpc) is 2.84. The number of rotatable bonds is 4. The SMILES string of the molecule is Oc1c([C@H](c2ccccn2)N2CCN(c3ccc(F)cc3)CC2)cc(Cl)c2cccnc12. The summed E-state index contributed by atoms with van der Waals surface area (Å²) >= 11 is 6.59. The van der Waals surface area contributed by atoms with Gasteiger partial charge in [-0.25, -0.2) is 4.39 Å². The van der Waals surface area contributed by atoms with E-state index in [1.165, 1.54) is 12.1 Å². The summed E-state index contributed by atoms with van der Waals surface area (Å²) in [6.45, 7) is 3.04. The first kappa shape index (κ1) is 20.7. The fourth-order valence-electron chi connectivity index (χ4n) is 4.39. The summed E-state index contributed by atoms with van der Waals surface area (Å²) in [5, 5.41) is 12.4. The number of hydrogen-bond donors (Lipinski definition) is 1. The zero-order valence-electron chi connectivity index (χ0n) is 17.3. The molecule has 7 heteroatoms. The summed E-state index contributed by atoms with van der Waals surface area (Å²) in [4.78, 5) is 13.5. The van der Waals surface area contributed by atoms with Crippen molar-refractivity contribution in [3.63, 3.8) is 0 Å². The number of aromatic nitrogens is 2. The Balaban J connectivity index is 1.50. The summed E-state index contributed by atoms with van der Waals surface area (Å²) in [5.74, 6) is -0.110. The molecule has 0 amide bonds. The molecule has 3 heterocycles. The summed E-state index contributed by atoms with van der Waals surface area (Å²) in [7, 11) is 0. The van der Waals surface area contributed by atoms with Crippen molar-refractivity contribution in [2.45, 2.75) is 6.04 Å². The third kappa shape index (κ3) is 3.87. The molecule has 0 unspecified atom stereocenters.